The zero-order chi connectivity index (χ0) is 27.9. The van der Waals surface area contributed by atoms with Crippen LogP contribution in [0.15, 0.2) is 66.9 Å². The largest absolute Gasteiger partial charge is 0.573 e. The van der Waals surface area contributed by atoms with Crippen molar-refractivity contribution < 1.29 is 35.9 Å². The molecular formula is C26H22ClF6N3O2. The Bertz CT molecular complexity index is 1290. The number of anilines is 1. The lowest BCUT2D eigenvalue weighted by atomic mass is 9.93. The van der Waals surface area contributed by atoms with Crippen molar-refractivity contribution in [3.63, 3.8) is 0 Å². The smallest absolute Gasteiger partial charge is 0.406 e. The second-order valence-electron chi connectivity index (χ2n) is 9.31. The molecule has 0 saturated carbocycles. The molecule has 0 aliphatic carbocycles. The summed E-state index contributed by atoms with van der Waals surface area (Å²) in [5, 5.41) is 3.66. The first-order valence-corrected chi connectivity index (χ1v) is 11.8. The van der Waals surface area contributed by atoms with Crippen LogP contribution in [0.25, 0.3) is 0 Å². The molecule has 38 heavy (non-hydrogen) atoms. The average Bonchev–Trinajstić information content (AvgIpc) is 3.13. The maximum Gasteiger partial charge on any atom is 0.573 e. The molecule has 0 unspecified atom stereocenters. The van der Waals surface area contributed by atoms with E-state index in [9.17, 15) is 31.1 Å². The first-order valence-electron chi connectivity index (χ1n) is 11.4. The summed E-state index contributed by atoms with van der Waals surface area (Å²) in [6, 6.07) is 12.7. The molecule has 1 N–H and O–H groups in total. The summed E-state index contributed by atoms with van der Waals surface area (Å²) in [6.07, 6.45) is -8.07. The fourth-order valence-corrected chi connectivity index (χ4v) is 4.64. The van der Waals surface area contributed by atoms with Gasteiger partial charge in [-0.3, -0.25) is 15.1 Å². The molecule has 202 valence electrons. The van der Waals surface area contributed by atoms with Crippen LogP contribution in [0.2, 0.25) is 5.02 Å². The molecule has 1 fully saturated rings. The van der Waals surface area contributed by atoms with Crippen molar-refractivity contribution in [1.82, 2.24) is 10.3 Å². The molecule has 2 aromatic carbocycles. The molecule has 12 heteroatoms. The summed E-state index contributed by atoms with van der Waals surface area (Å²) in [7, 11) is 0. The highest BCUT2D eigenvalue weighted by Gasteiger charge is 2.44. The summed E-state index contributed by atoms with van der Waals surface area (Å²) < 4.78 is 80.5. The van der Waals surface area contributed by atoms with E-state index in [0.29, 0.717) is 21.8 Å². The van der Waals surface area contributed by atoms with Crippen LogP contribution in [0.4, 0.5) is 32.0 Å². The van der Waals surface area contributed by atoms with Crippen molar-refractivity contribution in [3.8, 4) is 5.75 Å². The fourth-order valence-electron chi connectivity index (χ4n) is 4.44. The highest BCUT2D eigenvalue weighted by molar-refractivity contribution is 6.30. The normalized spacial score (nSPS) is 18.7. The molecule has 3 aromatic rings. The number of alkyl halides is 6. The molecule has 1 amide bonds. The number of amides is 1. The van der Waals surface area contributed by atoms with Crippen LogP contribution in [-0.4, -0.2) is 23.3 Å². The van der Waals surface area contributed by atoms with Crippen molar-refractivity contribution in [1.29, 1.82) is 0 Å². The zero-order valence-corrected chi connectivity index (χ0v) is 20.8. The maximum absolute atomic E-state index is 13.6. The predicted octanol–water partition coefficient (Wildman–Crippen LogP) is 7.02. The Morgan fingerprint density at radius 2 is 1.68 bits per heavy atom. The molecule has 1 saturated heterocycles. The van der Waals surface area contributed by atoms with Gasteiger partial charge in [0.05, 0.1) is 12.1 Å². The highest BCUT2D eigenvalue weighted by Crippen LogP contribution is 2.40. The van der Waals surface area contributed by atoms with Gasteiger partial charge in [0.1, 0.15) is 11.4 Å². The highest BCUT2D eigenvalue weighted by atomic mass is 35.5. The van der Waals surface area contributed by atoms with Crippen LogP contribution in [0.1, 0.15) is 43.1 Å². The van der Waals surface area contributed by atoms with Gasteiger partial charge < -0.3 is 9.64 Å². The Morgan fingerprint density at radius 3 is 2.24 bits per heavy atom. The van der Waals surface area contributed by atoms with Crippen molar-refractivity contribution in [2.75, 3.05) is 4.90 Å². The Balaban J connectivity index is 1.63. The van der Waals surface area contributed by atoms with E-state index in [1.54, 1.807) is 38.1 Å². The lowest BCUT2D eigenvalue weighted by Crippen LogP contribution is -2.47. The van der Waals surface area contributed by atoms with E-state index in [0.717, 1.165) is 24.4 Å². The molecule has 0 bridgehead atoms. The van der Waals surface area contributed by atoms with Gasteiger partial charge in [0.25, 0.3) is 0 Å². The number of halogens is 7. The third-order valence-electron chi connectivity index (χ3n) is 6.20. The Kier molecular flexibility index (Phi) is 7.37. The minimum absolute atomic E-state index is 0.261. The Labute approximate surface area is 219 Å². The van der Waals surface area contributed by atoms with Gasteiger partial charge in [-0.25, -0.2) is 0 Å². The number of aromatic nitrogens is 1. The first-order chi connectivity index (χ1) is 17.6. The number of rotatable bonds is 6. The molecule has 1 aliphatic heterocycles. The number of nitrogens with zero attached hydrogens (tertiary/aromatic N) is 2. The van der Waals surface area contributed by atoms with E-state index in [1.165, 1.54) is 23.1 Å². The number of ether oxygens (including phenoxy) is 1. The third kappa shape index (κ3) is 6.21. The molecule has 1 aromatic heterocycles. The van der Waals surface area contributed by atoms with Gasteiger partial charge in [0.15, 0.2) is 0 Å². The van der Waals surface area contributed by atoms with Gasteiger partial charge in [0.2, 0.25) is 5.91 Å². The van der Waals surface area contributed by atoms with Crippen molar-refractivity contribution in [2.45, 2.75) is 50.4 Å². The minimum atomic E-state index is -4.86. The molecule has 2 heterocycles. The van der Waals surface area contributed by atoms with Crippen molar-refractivity contribution >= 4 is 23.2 Å². The number of hydrogen-bond acceptors (Lipinski definition) is 4. The van der Waals surface area contributed by atoms with Gasteiger partial charge in [-0.05, 0) is 73.9 Å². The van der Waals surface area contributed by atoms with Crippen LogP contribution in [-0.2, 0) is 16.5 Å². The van der Waals surface area contributed by atoms with Gasteiger partial charge in [0, 0.05) is 22.4 Å². The standard InChI is InChI=1S/C26H22ClF6N3O2/c1-24(2,16-6-11-22(34-14-16)25(28,29)30)35-20-13-21(15-4-3-5-17(27)12-15)36(23(20)37)18-7-9-19(10-8-18)38-26(31,32)33/h3-12,14,20-21,35H,13H2,1-2H3/t20-,21-/m0/s1. The van der Waals surface area contributed by atoms with Crippen molar-refractivity contribution in [2.24, 2.45) is 0 Å². The van der Waals surface area contributed by atoms with Crippen LogP contribution in [0, 0.1) is 0 Å². The second kappa shape index (κ2) is 10.1. The van der Waals surface area contributed by atoms with Gasteiger partial charge in [-0.1, -0.05) is 29.8 Å². The molecule has 0 spiro atoms. The maximum atomic E-state index is 13.6. The lowest BCUT2D eigenvalue weighted by Gasteiger charge is -2.30. The van der Waals surface area contributed by atoms with Crippen LogP contribution >= 0.6 is 11.6 Å². The second-order valence-corrected chi connectivity index (χ2v) is 9.74. The van der Waals surface area contributed by atoms with Gasteiger partial charge in [-0.15, -0.1) is 13.2 Å². The molecular weight excluding hydrogens is 536 g/mol. The molecule has 2 atom stereocenters. The van der Waals surface area contributed by atoms with Gasteiger partial charge in [-0.2, -0.15) is 13.2 Å². The zero-order valence-electron chi connectivity index (χ0n) is 20.1. The quantitative estimate of drug-likeness (QED) is 0.331. The van der Waals surface area contributed by atoms with Gasteiger partial charge >= 0.3 is 12.5 Å². The van der Waals surface area contributed by atoms with Crippen LogP contribution in [0.3, 0.4) is 0 Å². The van der Waals surface area contributed by atoms with E-state index in [4.69, 9.17) is 11.6 Å². The Hall–Kier alpha value is -3.31. The van der Waals surface area contributed by atoms with Crippen molar-refractivity contribution in [3.05, 3.63) is 88.7 Å². The summed E-state index contributed by atoms with van der Waals surface area (Å²) in [4.78, 5) is 18.6. The monoisotopic (exact) mass is 557 g/mol. The van der Waals surface area contributed by atoms with E-state index >= 15 is 0 Å². The number of carbonyl (C=O) groups is 1. The minimum Gasteiger partial charge on any atom is -0.406 e. The molecule has 1 aliphatic rings. The van der Waals surface area contributed by atoms with E-state index in [-0.39, 0.29) is 12.3 Å². The Morgan fingerprint density at radius 1 is 1.00 bits per heavy atom. The fraction of sp³-hybridized carbons (Fsp3) is 0.308. The van der Waals surface area contributed by atoms with E-state index in [1.807, 2.05) is 0 Å². The summed E-state index contributed by atoms with van der Waals surface area (Å²) >= 11 is 6.17. The lowest BCUT2D eigenvalue weighted by molar-refractivity contribution is -0.274. The summed E-state index contributed by atoms with van der Waals surface area (Å²) in [5.41, 5.74) is -0.493. The topological polar surface area (TPSA) is 54.5 Å². The summed E-state index contributed by atoms with van der Waals surface area (Å²) in [5.74, 6) is -0.801. The van der Waals surface area contributed by atoms with E-state index < -0.39 is 41.6 Å². The molecule has 4 rings (SSSR count). The predicted molar refractivity (Wildman–Crippen MR) is 129 cm³/mol. The molecule has 5 nitrogen and oxygen atoms in total. The van der Waals surface area contributed by atoms with E-state index in [2.05, 4.69) is 15.0 Å². The SMILES string of the molecule is CC(C)(N[C@H]1C[C@@H](c2cccc(Cl)c2)N(c2ccc(OC(F)(F)F)cc2)C1=O)c1ccc(C(F)(F)F)nc1. The van der Waals surface area contributed by atoms with Crippen LogP contribution < -0.4 is 15.0 Å². The average molecular weight is 558 g/mol. The number of carbonyl (C=O) groups excluding carboxylic acids is 1. The number of hydrogen-bond donors (Lipinski definition) is 1. The first kappa shape index (κ1) is 27.7. The van der Waals surface area contributed by atoms with Crippen LogP contribution in [0.5, 0.6) is 5.75 Å². The summed E-state index contributed by atoms with van der Waals surface area (Å²) in [6.45, 7) is 3.43. The third-order valence-corrected chi connectivity index (χ3v) is 6.43. The molecule has 0 radical (unpaired) electrons. The number of benzene rings is 2. The number of pyridine rings is 1. The number of nitrogens with one attached hydrogen (secondary N) is 1.